The third kappa shape index (κ3) is 4.00. The lowest BCUT2D eigenvalue weighted by Crippen LogP contribution is -2.20. The predicted molar refractivity (Wildman–Crippen MR) is 90.0 cm³/mol. The van der Waals surface area contributed by atoms with Crippen LogP contribution >= 0.6 is 0 Å². The van der Waals surface area contributed by atoms with Crippen molar-refractivity contribution in [1.82, 2.24) is 0 Å². The Kier molecular flexibility index (Phi) is 5.40. The van der Waals surface area contributed by atoms with Crippen LogP contribution in [0, 0.1) is 11.3 Å². The molecule has 2 aromatic rings. The molecule has 0 aliphatic carbocycles. The van der Waals surface area contributed by atoms with Crippen molar-refractivity contribution in [2.24, 2.45) is 0 Å². The molecule has 0 aliphatic heterocycles. The molecule has 114 valence electrons. The van der Waals surface area contributed by atoms with Crippen LogP contribution in [0.2, 0.25) is 0 Å². The van der Waals surface area contributed by atoms with Crippen LogP contribution in [0.15, 0.2) is 48.5 Å². The highest BCUT2D eigenvalue weighted by atomic mass is 16.3. The number of anilines is 2. The highest BCUT2D eigenvalue weighted by molar-refractivity contribution is 5.55. The van der Waals surface area contributed by atoms with E-state index in [0.29, 0.717) is 12.1 Å². The third-order valence-electron chi connectivity index (χ3n) is 3.64. The Morgan fingerprint density at radius 2 is 1.95 bits per heavy atom. The first-order valence-electron chi connectivity index (χ1n) is 7.32. The van der Waals surface area contributed by atoms with Gasteiger partial charge in [-0.15, -0.1) is 0 Å². The Hall–Kier alpha value is -2.51. The van der Waals surface area contributed by atoms with Crippen LogP contribution < -0.4 is 10.2 Å². The monoisotopic (exact) mass is 295 g/mol. The number of nitrogens with zero attached hydrogens (tertiary/aromatic N) is 2. The zero-order chi connectivity index (χ0) is 15.9. The van der Waals surface area contributed by atoms with Gasteiger partial charge in [0.05, 0.1) is 18.2 Å². The molecule has 0 saturated carbocycles. The Labute approximate surface area is 131 Å². The summed E-state index contributed by atoms with van der Waals surface area (Å²) in [5, 5.41) is 21.4. The first kappa shape index (κ1) is 15.9. The molecule has 0 aliphatic rings. The van der Waals surface area contributed by atoms with Crippen molar-refractivity contribution < 1.29 is 5.11 Å². The fourth-order valence-corrected chi connectivity index (χ4v) is 2.30. The lowest BCUT2D eigenvalue weighted by Gasteiger charge is -2.20. The molecular formula is C18H21N3O. The number of hydrogen-bond acceptors (Lipinski definition) is 4. The van der Waals surface area contributed by atoms with Crippen LogP contribution in [0.3, 0.4) is 0 Å². The Morgan fingerprint density at radius 1 is 1.23 bits per heavy atom. The Morgan fingerprint density at radius 3 is 2.59 bits per heavy atom. The van der Waals surface area contributed by atoms with E-state index in [1.54, 1.807) is 0 Å². The zero-order valence-electron chi connectivity index (χ0n) is 13.0. The normalized spacial score (nSPS) is 11.5. The van der Waals surface area contributed by atoms with Gasteiger partial charge in [-0.3, -0.25) is 0 Å². The summed E-state index contributed by atoms with van der Waals surface area (Å²) in [4.78, 5) is 2.00. The van der Waals surface area contributed by atoms with E-state index in [4.69, 9.17) is 10.4 Å². The number of nitrogens with one attached hydrogen (secondary N) is 1. The van der Waals surface area contributed by atoms with Gasteiger partial charge in [-0.25, -0.2) is 0 Å². The summed E-state index contributed by atoms with van der Waals surface area (Å²) in [6.07, 6.45) is 0. The second kappa shape index (κ2) is 7.48. The minimum absolute atomic E-state index is 0.120. The molecule has 2 aromatic carbocycles. The molecule has 0 amide bonds. The van der Waals surface area contributed by atoms with E-state index in [1.165, 1.54) is 0 Å². The molecule has 0 fully saturated rings. The van der Waals surface area contributed by atoms with Crippen molar-refractivity contribution in [1.29, 1.82) is 5.26 Å². The first-order valence-corrected chi connectivity index (χ1v) is 7.32. The molecule has 0 bridgehead atoms. The van der Waals surface area contributed by atoms with Crippen LogP contribution in [0.4, 0.5) is 11.4 Å². The number of likely N-dealkylation sites (N-methyl/N-ethyl adjacent to an activating group) is 1. The summed E-state index contributed by atoms with van der Waals surface area (Å²) in [6.45, 7) is 2.83. The van der Waals surface area contributed by atoms with Gasteiger partial charge in [-0.1, -0.05) is 12.1 Å². The van der Waals surface area contributed by atoms with E-state index < -0.39 is 0 Å². The summed E-state index contributed by atoms with van der Waals surface area (Å²) >= 11 is 0. The summed E-state index contributed by atoms with van der Waals surface area (Å²) in [6, 6.07) is 18.0. The van der Waals surface area contributed by atoms with Crippen LogP contribution in [-0.2, 0) is 0 Å². The number of aliphatic hydroxyl groups excluding tert-OH is 1. The molecule has 2 rings (SSSR count). The average Bonchev–Trinajstić information content (AvgIpc) is 2.55. The minimum atomic E-state index is 0.120. The summed E-state index contributed by atoms with van der Waals surface area (Å²) in [5.74, 6) is 0. The van der Waals surface area contributed by atoms with E-state index in [-0.39, 0.29) is 12.6 Å². The van der Waals surface area contributed by atoms with Crippen molar-refractivity contribution in [2.45, 2.75) is 13.0 Å². The topological polar surface area (TPSA) is 59.3 Å². The molecule has 0 spiro atoms. The number of nitriles is 1. The van der Waals surface area contributed by atoms with Gasteiger partial charge in [0.15, 0.2) is 0 Å². The Bertz CT molecular complexity index is 646. The number of aliphatic hydroxyl groups is 1. The molecular weight excluding hydrogens is 274 g/mol. The van der Waals surface area contributed by atoms with Gasteiger partial charge in [-0.05, 0) is 48.9 Å². The molecule has 0 heterocycles. The maximum absolute atomic E-state index is 8.97. The molecule has 1 atom stereocenters. The van der Waals surface area contributed by atoms with Gasteiger partial charge in [0.2, 0.25) is 0 Å². The molecule has 2 N–H and O–H groups in total. The van der Waals surface area contributed by atoms with E-state index in [0.717, 1.165) is 16.9 Å². The third-order valence-corrected chi connectivity index (χ3v) is 3.64. The highest BCUT2D eigenvalue weighted by Gasteiger charge is 2.07. The van der Waals surface area contributed by atoms with E-state index in [2.05, 4.69) is 18.3 Å². The Balaban J connectivity index is 2.05. The minimum Gasteiger partial charge on any atom is -0.395 e. The van der Waals surface area contributed by atoms with Gasteiger partial charge < -0.3 is 15.3 Å². The van der Waals surface area contributed by atoms with Gasteiger partial charge in [0.25, 0.3) is 0 Å². The quantitative estimate of drug-likeness (QED) is 0.859. The molecule has 0 saturated heterocycles. The summed E-state index contributed by atoms with van der Waals surface area (Å²) < 4.78 is 0. The number of hydrogen-bond donors (Lipinski definition) is 2. The SMILES string of the molecule is CC(Nc1ccc(N(C)CCO)cc1)c1cccc(C#N)c1. The fourth-order valence-electron chi connectivity index (χ4n) is 2.30. The van der Waals surface area contributed by atoms with Gasteiger partial charge in [0, 0.05) is 31.0 Å². The van der Waals surface area contributed by atoms with Crippen LogP contribution in [0.25, 0.3) is 0 Å². The number of benzene rings is 2. The van der Waals surface area contributed by atoms with Gasteiger partial charge >= 0.3 is 0 Å². The smallest absolute Gasteiger partial charge is 0.0991 e. The van der Waals surface area contributed by atoms with Crippen molar-refractivity contribution in [2.75, 3.05) is 30.4 Å². The van der Waals surface area contributed by atoms with Crippen molar-refractivity contribution in [3.63, 3.8) is 0 Å². The fraction of sp³-hybridized carbons (Fsp3) is 0.278. The van der Waals surface area contributed by atoms with Gasteiger partial charge in [-0.2, -0.15) is 5.26 Å². The summed E-state index contributed by atoms with van der Waals surface area (Å²) in [5.41, 5.74) is 3.85. The maximum atomic E-state index is 8.97. The second-order valence-electron chi connectivity index (χ2n) is 5.30. The molecule has 22 heavy (non-hydrogen) atoms. The highest BCUT2D eigenvalue weighted by Crippen LogP contribution is 2.22. The molecule has 4 nitrogen and oxygen atoms in total. The van der Waals surface area contributed by atoms with Crippen molar-refractivity contribution in [3.8, 4) is 6.07 Å². The number of rotatable bonds is 6. The molecule has 4 heteroatoms. The zero-order valence-corrected chi connectivity index (χ0v) is 13.0. The average molecular weight is 295 g/mol. The maximum Gasteiger partial charge on any atom is 0.0991 e. The van der Waals surface area contributed by atoms with Crippen molar-refractivity contribution in [3.05, 3.63) is 59.7 Å². The molecule has 0 aromatic heterocycles. The lowest BCUT2D eigenvalue weighted by atomic mass is 10.1. The molecule has 1 unspecified atom stereocenters. The van der Waals surface area contributed by atoms with Crippen LogP contribution in [-0.4, -0.2) is 25.3 Å². The van der Waals surface area contributed by atoms with E-state index >= 15 is 0 Å². The standard InChI is InChI=1S/C18H21N3O/c1-14(16-5-3-4-15(12-16)13-19)20-17-6-8-18(9-7-17)21(2)10-11-22/h3-9,12,14,20,22H,10-11H2,1-2H3. The first-order chi connectivity index (χ1) is 10.6. The summed E-state index contributed by atoms with van der Waals surface area (Å²) in [7, 11) is 1.95. The van der Waals surface area contributed by atoms with Crippen LogP contribution in [0.1, 0.15) is 24.1 Å². The van der Waals surface area contributed by atoms with E-state index in [9.17, 15) is 0 Å². The largest absolute Gasteiger partial charge is 0.395 e. The van der Waals surface area contributed by atoms with Gasteiger partial charge in [0.1, 0.15) is 0 Å². The van der Waals surface area contributed by atoms with E-state index in [1.807, 2.05) is 60.5 Å². The van der Waals surface area contributed by atoms with Crippen LogP contribution in [0.5, 0.6) is 0 Å². The lowest BCUT2D eigenvalue weighted by molar-refractivity contribution is 0.304. The van der Waals surface area contributed by atoms with Crippen molar-refractivity contribution >= 4 is 11.4 Å². The second-order valence-corrected chi connectivity index (χ2v) is 5.30. The molecule has 0 radical (unpaired) electrons. The predicted octanol–water partition coefficient (Wildman–Crippen LogP) is 3.16.